The Morgan fingerprint density at radius 2 is 2.22 bits per heavy atom. The zero-order chi connectivity index (χ0) is 13.0. The third kappa shape index (κ3) is 3.23. The van der Waals surface area contributed by atoms with Crippen molar-refractivity contribution in [1.29, 1.82) is 0 Å². The molecule has 0 bridgehead atoms. The molecule has 5 heteroatoms. The van der Waals surface area contributed by atoms with Crippen LogP contribution >= 0.6 is 11.6 Å². The van der Waals surface area contributed by atoms with E-state index in [-0.39, 0.29) is 0 Å². The Morgan fingerprint density at radius 1 is 1.39 bits per heavy atom. The Balaban J connectivity index is 1.95. The van der Waals surface area contributed by atoms with E-state index in [1.54, 1.807) is 6.20 Å². The molecule has 0 aromatic carbocycles. The minimum atomic E-state index is 0.552. The molecule has 0 aliphatic heterocycles. The van der Waals surface area contributed by atoms with Crippen molar-refractivity contribution >= 4 is 17.3 Å². The lowest BCUT2D eigenvalue weighted by Gasteiger charge is -2.05. The van der Waals surface area contributed by atoms with E-state index >= 15 is 0 Å². The summed E-state index contributed by atoms with van der Waals surface area (Å²) in [5.74, 6) is 0. The maximum absolute atomic E-state index is 5.88. The average molecular weight is 265 g/mol. The molecule has 0 atom stereocenters. The monoisotopic (exact) mass is 264 g/mol. The van der Waals surface area contributed by atoms with E-state index in [9.17, 15) is 0 Å². The highest BCUT2D eigenvalue weighted by molar-refractivity contribution is 6.30. The van der Waals surface area contributed by atoms with Gasteiger partial charge in [0.2, 0.25) is 0 Å². The van der Waals surface area contributed by atoms with Crippen LogP contribution in [-0.2, 0) is 13.1 Å². The van der Waals surface area contributed by atoms with Crippen LogP contribution in [0.1, 0.15) is 24.5 Å². The number of hydrogen-bond acceptors (Lipinski definition) is 3. The van der Waals surface area contributed by atoms with Crippen molar-refractivity contribution in [3.05, 3.63) is 40.9 Å². The molecule has 2 aromatic rings. The van der Waals surface area contributed by atoms with E-state index in [0.29, 0.717) is 5.15 Å². The van der Waals surface area contributed by atoms with Crippen LogP contribution < -0.4 is 5.32 Å². The number of aromatic nitrogens is 3. The molecule has 4 nitrogen and oxygen atoms in total. The fourth-order valence-electron chi connectivity index (χ4n) is 1.71. The van der Waals surface area contributed by atoms with E-state index in [1.165, 1.54) is 0 Å². The molecule has 0 aliphatic carbocycles. The van der Waals surface area contributed by atoms with Gasteiger partial charge in [-0.2, -0.15) is 5.10 Å². The Morgan fingerprint density at radius 3 is 2.94 bits per heavy atom. The van der Waals surface area contributed by atoms with Gasteiger partial charge in [0.25, 0.3) is 0 Å². The van der Waals surface area contributed by atoms with Crippen molar-refractivity contribution < 1.29 is 0 Å². The van der Waals surface area contributed by atoms with Crippen LogP contribution in [0.2, 0.25) is 5.15 Å². The van der Waals surface area contributed by atoms with Gasteiger partial charge in [-0.1, -0.05) is 18.5 Å². The predicted octanol–water partition coefficient (Wildman–Crippen LogP) is 3.26. The maximum Gasteiger partial charge on any atom is 0.132 e. The fourth-order valence-corrected chi connectivity index (χ4v) is 1.81. The zero-order valence-electron chi connectivity index (χ0n) is 10.7. The number of nitrogens with zero attached hydrogens (tertiary/aromatic N) is 3. The van der Waals surface area contributed by atoms with Crippen molar-refractivity contribution in [3.8, 4) is 0 Å². The van der Waals surface area contributed by atoms with Crippen LogP contribution in [0.25, 0.3) is 0 Å². The third-order valence-corrected chi connectivity index (χ3v) is 3.05. The number of pyridine rings is 1. The fraction of sp³-hybridized carbons (Fsp3) is 0.385. The normalized spacial score (nSPS) is 10.6. The van der Waals surface area contributed by atoms with Crippen molar-refractivity contribution in [3.63, 3.8) is 0 Å². The van der Waals surface area contributed by atoms with Crippen molar-refractivity contribution in [2.75, 3.05) is 5.32 Å². The van der Waals surface area contributed by atoms with Gasteiger partial charge < -0.3 is 5.32 Å². The van der Waals surface area contributed by atoms with E-state index in [0.717, 1.165) is 36.3 Å². The Kier molecular flexibility index (Phi) is 4.20. The Hall–Kier alpha value is -1.55. The van der Waals surface area contributed by atoms with Gasteiger partial charge in [-0.3, -0.25) is 4.68 Å². The molecule has 0 amide bonds. The molecule has 0 fully saturated rings. The Bertz CT molecular complexity index is 521. The molecular weight excluding hydrogens is 248 g/mol. The van der Waals surface area contributed by atoms with Crippen LogP contribution in [0.15, 0.2) is 24.7 Å². The molecule has 2 rings (SSSR count). The van der Waals surface area contributed by atoms with Gasteiger partial charge in [0, 0.05) is 24.8 Å². The SMILES string of the molecule is CCCn1cc(CNc2cnc(Cl)c(C)c2)cn1. The first kappa shape index (κ1) is 12.9. The van der Waals surface area contributed by atoms with E-state index in [2.05, 4.69) is 28.5 Å². The maximum atomic E-state index is 5.88. The number of nitrogens with one attached hydrogen (secondary N) is 1. The summed E-state index contributed by atoms with van der Waals surface area (Å²) in [6, 6.07) is 1.99. The summed E-state index contributed by atoms with van der Waals surface area (Å²) in [5, 5.41) is 8.15. The standard InChI is InChI=1S/C13H17ClN4/c1-3-4-18-9-11(7-17-18)6-15-12-5-10(2)13(14)16-8-12/h5,7-9,15H,3-4,6H2,1-2H3. The van der Waals surface area contributed by atoms with Crippen LogP contribution in [0.3, 0.4) is 0 Å². The predicted molar refractivity (Wildman–Crippen MR) is 73.8 cm³/mol. The number of hydrogen-bond donors (Lipinski definition) is 1. The highest BCUT2D eigenvalue weighted by atomic mass is 35.5. The summed E-state index contributed by atoms with van der Waals surface area (Å²) >= 11 is 5.88. The van der Waals surface area contributed by atoms with Crippen LogP contribution in [0, 0.1) is 6.92 Å². The molecule has 18 heavy (non-hydrogen) atoms. The van der Waals surface area contributed by atoms with Gasteiger partial charge in [0.15, 0.2) is 0 Å². The Labute approximate surface area is 112 Å². The summed E-state index contributed by atoms with van der Waals surface area (Å²) in [6.07, 6.45) is 6.78. The first-order valence-corrected chi connectivity index (χ1v) is 6.44. The first-order chi connectivity index (χ1) is 8.69. The second-order valence-electron chi connectivity index (χ2n) is 4.30. The molecule has 0 spiro atoms. The van der Waals surface area contributed by atoms with Gasteiger partial charge in [-0.05, 0) is 25.0 Å². The first-order valence-electron chi connectivity index (χ1n) is 6.06. The number of anilines is 1. The van der Waals surface area contributed by atoms with Crippen LogP contribution in [0.5, 0.6) is 0 Å². The topological polar surface area (TPSA) is 42.7 Å². The second-order valence-corrected chi connectivity index (χ2v) is 4.65. The summed E-state index contributed by atoms with van der Waals surface area (Å²) in [5.41, 5.74) is 3.11. The lowest BCUT2D eigenvalue weighted by atomic mass is 10.3. The smallest absolute Gasteiger partial charge is 0.132 e. The van der Waals surface area contributed by atoms with Gasteiger partial charge in [-0.15, -0.1) is 0 Å². The van der Waals surface area contributed by atoms with Gasteiger partial charge in [-0.25, -0.2) is 4.98 Å². The van der Waals surface area contributed by atoms with Crippen molar-refractivity contribution in [1.82, 2.24) is 14.8 Å². The quantitative estimate of drug-likeness (QED) is 0.843. The van der Waals surface area contributed by atoms with Gasteiger partial charge in [0.05, 0.1) is 18.1 Å². The molecule has 2 heterocycles. The lowest BCUT2D eigenvalue weighted by molar-refractivity contribution is 0.602. The largest absolute Gasteiger partial charge is 0.380 e. The molecule has 1 N–H and O–H groups in total. The van der Waals surface area contributed by atoms with Crippen molar-refractivity contribution in [2.24, 2.45) is 0 Å². The molecule has 96 valence electrons. The number of rotatable bonds is 5. The molecular formula is C13H17ClN4. The minimum Gasteiger partial charge on any atom is -0.380 e. The highest BCUT2D eigenvalue weighted by Crippen LogP contribution is 2.16. The van der Waals surface area contributed by atoms with Crippen molar-refractivity contribution in [2.45, 2.75) is 33.4 Å². The summed E-state index contributed by atoms with van der Waals surface area (Å²) in [4.78, 5) is 4.11. The van der Waals surface area contributed by atoms with Gasteiger partial charge in [0.1, 0.15) is 5.15 Å². The van der Waals surface area contributed by atoms with Crippen LogP contribution in [0.4, 0.5) is 5.69 Å². The third-order valence-electron chi connectivity index (χ3n) is 2.65. The number of aryl methyl sites for hydroxylation is 2. The molecule has 0 radical (unpaired) electrons. The summed E-state index contributed by atoms with van der Waals surface area (Å²) < 4.78 is 1.96. The summed E-state index contributed by atoms with van der Waals surface area (Å²) in [6.45, 7) is 5.79. The zero-order valence-corrected chi connectivity index (χ0v) is 11.4. The molecule has 0 unspecified atom stereocenters. The molecule has 0 saturated carbocycles. The molecule has 0 saturated heterocycles. The van der Waals surface area contributed by atoms with E-state index in [4.69, 9.17) is 11.6 Å². The van der Waals surface area contributed by atoms with Gasteiger partial charge >= 0.3 is 0 Å². The average Bonchev–Trinajstić information content (AvgIpc) is 2.79. The minimum absolute atomic E-state index is 0.552. The van der Waals surface area contributed by atoms with E-state index in [1.807, 2.05) is 23.9 Å². The lowest BCUT2D eigenvalue weighted by Crippen LogP contribution is -2.00. The molecule has 0 aliphatic rings. The molecule has 2 aromatic heterocycles. The van der Waals surface area contributed by atoms with E-state index < -0.39 is 0 Å². The highest BCUT2D eigenvalue weighted by Gasteiger charge is 2.01. The number of halogens is 1. The second kappa shape index (κ2) is 5.87. The summed E-state index contributed by atoms with van der Waals surface area (Å²) in [7, 11) is 0. The van der Waals surface area contributed by atoms with Crippen LogP contribution in [-0.4, -0.2) is 14.8 Å².